The molecule has 1 fully saturated rings. The first kappa shape index (κ1) is 13.1. The van der Waals surface area contributed by atoms with E-state index in [4.69, 9.17) is 5.73 Å². The molecule has 0 bridgehead atoms. The zero-order chi connectivity index (χ0) is 14.0. The molecule has 1 aromatic heterocycles. The Morgan fingerprint density at radius 1 is 1.20 bits per heavy atom. The molecule has 3 nitrogen and oxygen atoms in total. The topological polar surface area (TPSA) is 38.9 Å². The summed E-state index contributed by atoms with van der Waals surface area (Å²) in [6, 6.07) is 15.4. The van der Waals surface area contributed by atoms with E-state index in [0.717, 1.165) is 11.0 Å². The fourth-order valence-corrected chi connectivity index (χ4v) is 3.44. The van der Waals surface area contributed by atoms with Gasteiger partial charge in [-0.3, -0.25) is 0 Å². The quantitative estimate of drug-likeness (QED) is 0.869. The summed E-state index contributed by atoms with van der Waals surface area (Å²) in [5.74, 6) is 0.601. The maximum atomic E-state index is 5.70. The van der Waals surface area contributed by atoms with Crippen molar-refractivity contribution in [2.75, 3.05) is 19.3 Å². The molecule has 0 spiro atoms. The van der Waals surface area contributed by atoms with E-state index in [2.05, 4.69) is 48.4 Å². The van der Waals surface area contributed by atoms with Gasteiger partial charge in [-0.15, -0.1) is 0 Å². The summed E-state index contributed by atoms with van der Waals surface area (Å²) < 4.78 is 1.07. The molecule has 3 heteroatoms. The van der Waals surface area contributed by atoms with E-state index in [1.165, 1.54) is 30.5 Å². The lowest BCUT2D eigenvalue weighted by atomic mass is 10.0. The summed E-state index contributed by atoms with van der Waals surface area (Å²) in [5, 5.41) is 0. The van der Waals surface area contributed by atoms with Gasteiger partial charge < -0.3 is 10.2 Å². The highest BCUT2D eigenvalue weighted by Gasteiger charge is 2.39. The van der Waals surface area contributed by atoms with Gasteiger partial charge in [0.1, 0.15) is 18.4 Å². The van der Waals surface area contributed by atoms with Crippen molar-refractivity contribution in [3.63, 3.8) is 0 Å². The first-order chi connectivity index (χ1) is 9.67. The average Bonchev–Trinajstić information content (AvgIpc) is 2.82. The molecule has 1 aliphatic rings. The van der Waals surface area contributed by atoms with E-state index in [1.807, 2.05) is 12.3 Å². The third-order valence-electron chi connectivity index (χ3n) is 4.48. The van der Waals surface area contributed by atoms with E-state index in [1.54, 1.807) is 0 Å². The zero-order valence-electron chi connectivity index (χ0n) is 12.0. The average molecular weight is 268 g/mol. The van der Waals surface area contributed by atoms with Crippen molar-refractivity contribution in [2.45, 2.75) is 25.4 Å². The van der Waals surface area contributed by atoms with Crippen molar-refractivity contribution in [1.82, 2.24) is 4.98 Å². The normalized spacial score (nSPS) is 25.8. The largest absolute Gasteiger partial charge is 0.384 e. The second-order valence-corrected chi connectivity index (χ2v) is 6.02. The van der Waals surface area contributed by atoms with Crippen LogP contribution in [0.15, 0.2) is 48.7 Å². The van der Waals surface area contributed by atoms with Crippen LogP contribution in [0.25, 0.3) is 0 Å². The van der Waals surface area contributed by atoms with Gasteiger partial charge in [-0.05, 0) is 12.1 Å². The standard InChI is InChI=1S/C17H22N3/c1-20(13-14-6-3-2-4-7-14)11-5-8-16(20)15-9-10-17(18)19-12-15/h2-4,6-7,9-10,12,16H,5,8,11,13H2,1H3,(H2,18,19)/q+1/t16-,20-/m1/s1. The van der Waals surface area contributed by atoms with E-state index in [9.17, 15) is 0 Å². The van der Waals surface area contributed by atoms with Gasteiger partial charge in [0.05, 0.1) is 13.6 Å². The Morgan fingerprint density at radius 2 is 2.00 bits per heavy atom. The molecular formula is C17H22N3+. The number of pyridine rings is 1. The van der Waals surface area contributed by atoms with Crippen LogP contribution in [0.2, 0.25) is 0 Å². The number of hydrogen-bond acceptors (Lipinski definition) is 2. The molecular weight excluding hydrogens is 246 g/mol. The second kappa shape index (κ2) is 5.25. The van der Waals surface area contributed by atoms with Crippen molar-refractivity contribution in [2.24, 2.45) is 0 Å². The van der Waals surface area contributed by atoms with Crippen molar-refractivity contribution in [3.05, 3.63) is 59.8 Å². The number of rotatable bonds is 3. The Labute approximate surface area is 120 Å². The summed E-state index contributed by atoms with van der Waals surface area (Å²) in [4.78, 5) is 4.26. The summed E-state index contributed by atoms with van der Waals surface area (Å²) in [6.45, 7) is 2.31. The highest BCUT2D eigenvalue weighted by molar-refractivity contribution is 5.30. The number of hydrogen-bond donors (Lipinski definition) is 1. The van der Waals surface area contributed by atoms with Crippen LogP contribution >= 0.6 is 0 Å². The lowest BCUT2D eigenvalue weighted by Crippen LogP contribution is -2.42. The van der Waals surface area contributed by atoms with Crippen LogP contribution in [0.5, 0.6) is 0 Å². The Hall–Kier alpha value is -1.87. The number of benzene rings is 1. The number of aromatic nitrogens is 1. The van der Waals surface area contributed by atoms with Crippen molar-refractivity contribution in [1.29, 1.82) is 0 Å². The molecule has 2 N–H and O–H groups in total. The molecule has 3 rings (SSSR count). The minimum atomic E-state index is 0.531. The Bertz CT molecular complexity index is 565. The summed E-state index contributed by atoms with van der Waals surface area (Å²) in [6.07, 6.45) is 4.46. The van der Waals surface area contributed by atoms with Crippen LogP contribution in [-0.2, 0) is 6.54 Å². The fraction of sp³-hybridized carbons (Fsp3) is 0.353. The van der Waals surface area contributed by atoms with Crippen LogP contribution in [0.3, 0.4) is 0 Å². The smallest absolute Gasteiger partial charge is 0.123 e. The Morgan fingerprint density at radius 3 is 2.70 bits per heavy atom. The Balaban J connectivity index is 1.85. The predicted octanol–water partition coefficient (Wildman–Crippen LogP) is 3.15. The summed E-state index contributed by atoms with van der Waals surface area (Å²) in [5.41, 5.74) is 8.42. The first-order valence-electron chi connectivity index (χ1n) is 7.27. The summed E-state index contributed by atoms with van der Waals surface area (Å²) in [7, 11) is 2.36. The van der Waals surface area contributed by atoms with Crippen molar-refractivity contribution >= 4 is 5.82 Å². The van der Waals surface area contributed by atoms with Crippen LogP contribution in [0, 0.1) is 0 Å². The number of anilines is 1. The van der Waals surface area contributed by atoms with Gasteiger partial charge in [0.25, 0.3) is 0 Å². The number of quaternary nitrogens is 1. The highest BCUT2D eigenvalue weighted by atomic mass is 15.4. The van der Waals surface area contributed by atoms with Crippen molar-refractivity contribution < 1.29 is 4.48 Å². The lowest BCUT2D eigenvalue weighted by molar-refractivity contribution is -0.939. The third kappa shape index (κ3) is 2.54. The molecule has 104 valence electrons. The van der Waals surface area contributed by atoms with E-state index in [-0.39, 0.29) is 0 Å². The van der Waals surface area contributed by atoms with Crippen LogP contribution in [-0.4, -0.2) is 23.1 Å². The molecule has 0 unspecified atom stereocenters. The molecule has 0 saturated carbocycles. The van der Waals surface area contributed by atoms with Gasteiger partial charge in [0, 0.05) is 30.2 Å². The number of nitrogen functional groups attached to an aromatic ring is 1. The molecule has 1 aromatic carbocycles. The predicted molar refractivity (Wildman–Crippen MR) is 81.8 cm³/mol. The molecule has 1 saturated heterocycles. The summed E-state index contributed by atoms with van der Waals surface area (Å²) >= 11 is 0. The Kier molecular flexibility index (Phi) is 3.45. The molecule has 0 radical (unpaired) electrons. The van der Waals surface area contributed by atoms with Crippen LogP contribution in [0.1, 0.15) is 30.0 Å². The maximum Gasteiger partial charge on any atom is 0.123 e. The van der Waals surface area contributed by atoms with Gasteiger partial charge in [0.15, 0.2) is 0 Å². The molecule has 2 aromatic rings. The van der Waals surface area contributed by atoms with Crippen LogP contribution < -0.4 is 5.73 Å². The van der Waals surface area contributed by atoms with Gasteiger partial charge >= 0.3 is 0 Å². The highest BCUT2D eigenvalue weighted by Crippen LogP contribution is 2.39. The van der Waals surface area contributed by atoms with Crippen LogP contribution in [0.4, 0.5) is 5.82 Å². The second-order valence-electron chi connectivity index (χ2n) is 6.02. The van der Waals surface area contributed by atoms with E-state index < -0.39 is 0 Å². The number of nitrogens with two attached hydrogens (primary N) is 1. The van der Waals surface area contributed by atoms with Gasteiger partial charge in [-0.1, -0.05) is 30.3 Å². The van der Waals surface area contributed by atoms with E-state index in [0.29, 0.717) is 11.9 Å². The molecule has 2 atom stereocenters. The lowest BCUT2D eigenvalue weighted by Gasteiger charge is -2.36. The van der Waals surface area contributed by atoms with Gasteiger partial charge in [-0.2, -0.15) is 0 Å². The first-order valence-corrected chi connectivity index (χ1v) is 7.27. The fourth-order valence-electron chi connectivity index (χ4n) is 3.44. The minimum absolute atomic E-state index is 0.531. The SMILES string of the molecule is C[N@+]1(Cc2ccccc2)CCC[C@@H]1c1ccc(N)nc1. The third-order valence-corrected chi connectivity index (χ3v) is 4.48. The minimum Gasteiger partial charge on any atom is -0.384 e. The molecule has 0 amide bonds. The molecule has 20 heavy (non-hydrogen) atoms. The van der Waals surface area contributed by atoms with Crippen molar-refractivity contribution in [3.8, 4) is 0 Å². The molecule has 1 aliphatic heterocycles. The monoisotopic (exact) mass is 268 g/mol. The molecule has 0 aliphatic carbocycles. The molecule has 2 heterocycles. The number of likely N-dealkylation sites (tertiary alicyclic amines) is 1. The maximum absolute atomic E-state index is 5.70. The van der Waals surface area contributed by atoms with E-state index >= 15 is 0 Å². The van der Waals surface area contributed by atoms with Gasteiger partial charge in [-0.25, -0.2) is 4.98 Å². The number of nitrogens with zero attached hydrogens (tertiary/aromatic N) is 2. The van der Waals surface area contributed by atoms with Gasteiger partial charge in [0.2, 0.25) is 0 Å². The zero-order valence-corrected chi connectivity index (χ0v) is 12.0.